The normalized spacial score (nSPS) is 18.4. The molecule has 0 radical (unpaired) electrons. The third-order valence-electron chi connectivity index (χ3n) is 5.51. The average Bonchev–Trinajstić information content (AvgIpc) is 3.15. The first kappa shape index (κ1) is 18.9. The van der Waals surface area contributed by atoms with Gasteiger partial charge in [-0.05, 0) is 55.8 Å². The zero-order chi connectivity index (χ0) is 20.6. The third-order valence-corrected chi connectivity index (χ3v) is 5.51. The van der Waals surface area contributed by atoms with E-state index in [1.54, 1.807) is 42.1 Å². The Morgan fingerprint density at radius 1 is 1.24 bits per heavy atom. The second-order valence-corrected chi connectivity index (χ2v) is 7.38. The number of rotatable bonds is 5. The molecule has 1 aromatic carbocycles. The summed E-state index contributed by atoms with van der Waals surface area (Å²) in [7, 11) is 1.61. The summed E-state index contributed by atoms with van der Waals surface area (Å²) < 4.78 is 6.84. The topological polar surface area (TPSA) is 77.3 Å². The van der Waals surface area contributed by atoms with Crippen LogP contribution in [-0.4, -0.2) is 44.0 Å². The largest absolute Gasteiger partial charge is 0.497 e. The van der Waals surface area contributed by atoms with E-state index in [-0.39, 0.29) is 11.7 Å². The molecule has 29 heavy (non-hydrogen) atoms. The van der Waals surface area contributed by atoms with E-state index in [0.29, 0.717) is 24.5 Å². The summed E-state index contributed by atoms with van der Waals surface area (Å²) in [4.78, 5) is 31.7. The van der Waals surface area contributed by atoms with Crippen molar-refractivity contribution in [3.05, 3.63) is 66.1 Å². The van der Waals surface area contributed by atoms with Crippen molar-refractivity contribution in [3.63, 3.8) is 0 Å². The predicted molar refractivity (Wildman–Crippen MR) is 107 cm³/mol. The molecule has 3 heterocycles. The zero-order valence-electron chi connectivity index (χ0n) is 16.6. The Labute approximate surface area is 168 Å². The molecule has 0 fully saturated rings. The van der Waals surface area contributed by atoms with Crippen LogP contribution in [0.1, 0.15) is 29.9 Å². The quantitative estimate of drug-likeness (QED) is 0.669. The van der Waals surface area contributed by atoms with Crippen LogP contribution in [0, 0.1) is 0 Å². The van der Waals surface area contributed by atoms with Crippen LogP contribution in [-0.2, 0) is 17.9 Å². The van der Waals surface area contributed by atoms with Gasteiger partial charge in [0.15, 0.2) is 5.78 Å². The summed E-state index contributed by atoms with van der Waals surface area (Å²) in [5, 5.41) is 4.61. The monoisotopic (exact) mass is 390 g/mol. The Morgan fingerprint density at radius 3 is 2.62 bits per heavy atom. The molecule has 0 spiro atoms. The summed E-state index contributed by atoms with van der Waals surface area (Å²) in [6, 6.07) is 13.0. The first-order chi connectivity index (χ1) is 13.9. The van der Waals surface area contributed by atoms with Crippen molar-refractivity contribution >= 4 is 11.7 Å². The molecular formula is C22H22N4O3. The minimum atomic E-state index is -0.983. The number of aromatic nitrogens is 3. The van der Waals surface area contributed by atoms with E-state index in [1.165, 1.54) is 6.92 Å². The molecule has 1 atom stereocenters. The molecule has 1 amide bonds. The lowest BCUT2D eigenvalue weighted by Crippen LogP contribution is -2.60. The van der Waals surface area contributed by atoms with Crippen LogP contribution in [0.25, 0.3) is 11.3 Å². The number of nitrogens with zero attached hydrogens (tertiary/aromatic N) is 4. The fourth-order valence-corrected chi connectivity index (χ4v) is 3.57. The molecule has 1 unspecified atom stereocenters. The van der Waals surface area contributed by atoms with E-state index in [4.69, 9.17) is 4.74 Å². The van der Waals surface area contributed by atoms with Gasteiger partial charge >= 0.3 is 0 Å². The highest BCUT2D eigenvalue weighted by molar-refractivity contribution is 6.00. The van der Waals surface area contributed by atoms with Crippen molar-refractivity contribution in [3.8, 4) is 17.0 Å². The maximum atomic E-state index is 13.4. The summed E-state index contributed by atoms with van der Waals surface area (Å²) in [5.41, 5.74) is 1.92. The smallest absolute Gasteiger partial charge is 0.273 e. The standard InChI is InChI=1S/C22H22N4O3/c1-15(27)22(2)14-26-20(21(28)25(22)13-16-5-4-10-23-12-16)11-19(24-26)17-6-8-18(29-3)9-7-17/h4-12H,13-14H2,1-3H3. The molecule has 7 nitrogen and oxygen atoms in total. The Morgan fingerprint density at radius 2 is 2.00 bits per heavy atom. The molecule has 148 valence electrons. The van der Waals surface area contributed by atoms with Gasteiger partial charge < -0.3 is 9.64 Å². The molecule has 1 aliphatic heterocycles. The number of hydrogen-bond donors (Lipinski definition) is 0. The highest BCUT2D eigenvalue weighted by Gasteiger charge is 2.46. The van der Waals surface area contributed by atoms with E-state index < -0.39 is 5.54 Å². The average molecular weight is 390 g/mol. The van der Waals surface area contributed by atoms with Crippen LogP contribution in [0.3, 0.4) is 0 Å². The van der Waals surface area contributed by atoms with Gasteiger partial charge in [-0.25, -0.2) is 0 Å². The van der Waals surface area contributed by atoms with E-state index in [9.17, 15) is 9.59 Å². The maximum Gasteiger partial charge on any atom is 0.273 e. The summed E-state index contributed by atoms with van der Waals surface area (Å²) in [5.74, 6) is 0.451. The van der Waals surface area contributed by atoms with E-state index in [2.05, 4.69) is 10.1 Å². The second kappa shape index (κ2) is 7.16. The fourth-order valence-electron chi connectivity index (χ4n) is 3.57. The highest BCUT2D eigenvalue weighted by atomic mass is 16.5. The van der Waals surface area contributed by atoms with Crippen LogP contribution < -0.4 is 4.74 Å². The summed E-state index contributed by atoms with van der Waals surface area (Å²) in [6.07, 6.45) is 3.39. The van der Waals surface area contributed by atoms with Crippen molar-refractivity contribution in [2.75, 3.05) is 7.11 Å². The van der Waals surface area contributed by atoms with Crippen molar-refractivity contribution in [1.82, 2.24) is 19.7 Å². The van der Waals surface area contributed by atoms with Gasteiger partial charge in [0, 0.05) is 24.5 Å². The summed E-state index contributed by atoms with van der Waals surface area (Å²) >= 11 is 0. The Kier molecular flexibility index (Phi) is 4.66. The first-order valence-electron chi connectivity index (χ1n) is 9.36. The van der Waals surface area contributed by atoms with Crippen molar-refractivity contribution in [1.29, 1.82) is 0 Å². The van der Waals surface area contributed by atoms with E-state index >= 15 is 0 Å². The Bertz CT molecular complexity index is 1060. The minimum Gasteiger partial charge on any atom is -0.497 e. The fraction of sp³-hybridized carbons (Fsp3) is 0.273. The number of ketones is 1. The molecule has 0 N–H and O–H groups in total. The molecule has 0 saturated carbocycles. The molecular weight excluding hydrogens is 368 g/mol. The first-order valence-corrected chi connectivity index (χ1v) is 9.36. The third kappa shape index (κ3) is 3.29. The van der Waals surface area contributed by atoms with E-state index in [1.807, 2.05) is 36.4 Å². The minimum absolute atomic E-state index is 0.0816. The Hall–Kier alpha value is -3.48. The molecule has 7 heteroatoms. The van der Waals surface area contributed by atoms with Gasteiger partial charge in [-0.1, -0.05) is 6.07 Å². The Balaban J connectivity index is 1.73. The zero-order valence-corrected chi connectivity index (χ0v) is 16.6. The van der Waals surface area contributed by atoms with Gasteiger partial charge in [0.05, 0.1) is 19.3 Å². The van der Waals surface area contributed by atoms with Gasteiger partial charge in [-0.2, -0.15) is 5.10 Å². The molecule has 0 bridgehead atoms. The van der Waals surface area contributed by atoms with Crippen LogP contribution >= 0.6 is 0 Å². The van der Waals surface area contributed by atoms with Crippen LogP contribution in [0.15, 0.2) is 54.9 Å². The predicted octanol–water partition coefficient (Wildman–Crippen LogP) is 2.96. The van der Waals surface area contributed by atoms with Gasteiger partial charge in [0.25, 0.3) is 5.91 Å². The van der Waals surface area contributed by atoms with Gasteiger partial charge in [0.1, 0.15) is 17.0 Å². The van der Waals surface area contributed by atoms with Crippen molar-refractivity contribution in [2.45, 2.75) is 32.5 Å². The number of ether oxygens (including phenoxy) is 1. The second-order valence-electron chi connectivity index (χ2n) is 7.38. The molecule has 1 aliphatic rings. The highest BCUT2D eigenvalue weighted by Crippen LogP contribution is 2.32. The van der Waals surface area contributed by atoms with Crippen LogP contribution in [0.2, 0.25) is 0 Å². The molecule has 0 saturated heterocycles. The lowest BCUT2D eigenvalue weighted by molar-refractivity contribution is -0.128. The van der Waals surface area contributed by atoms with Crippen LogP contribution in [0.4, 0.5) is 0 Å². The number of fused-ring (bicyclic) bond motifs is 1. The summed E-state index contributed by atoms with van der Waals surface area (Å²) in [6.45, 7) is 3.93. The van der Waals surface area contributed by atoms with E-state index in [0.717, 1.165) is 16.9 Å². The van der Waals surface area contributed by atoms with Gasteiger partial charge in [0.2, 0.25) is 0 Å². The maximum absolute atomic E-state index is 13.4. The lowest BCUT2D eigenvalue weighted by atomic mass is 9.91. The SMILES string of the molecule is COc1ccc(-c2cc3n(n2)CC(C)(C(C)=O)N(Cc2cccnc2)C3=O)cc1. The van der Waals surface area contributed by atoms with Gasteiger partial charge in [-0.3, -0.25) is 19.3 Å². The molecule has 0 aliphatic carbocycles. The number of hydrogen-bond acceptors (Lipinski definition) is 5. The molecule has 2 aromatic heterocycles. The van der Waals surface area contributed by atoms with Crippen molar-refractivity contribution in [2.24, 2.45) is 0 Å². The van der Waals surface area contributed by atoms with Gasteiger partial charge in [-0.15, -0.1) is 0 Å². The van der Waals surface area contributed by atoms with Crippen molar-refractivity contribution < 1.29 is 14.3 Å². The molecule has 3 aromatic rings. The number of pyridine rings is 1. The number of benzene rings is 1. The molecule has 4 rings (SSSR count). The number of amides is 1. The number of methoxy groups -OCH3 is 1. The number of carbonyl (C=O) groups excluding carboxylic acids is 2. The lowest BCUT2D eigenvalue weighted by Gasteiger charge is -2.42. The van der Waals surface area contributed by atoms with Crippen LogP contribution in [0.5, 0.6) is 5.75 Å². The number of Topliss-reactive ketones (excluding diaryl/α,β-unsaturated/α-hetero) is 1. The number of carbonyl (C=O) groups is 2.